The standard InChI is InChI=1S/C31H39N5O/c1-23-6-11-29(25(3)21-23)31(37)33-26-7-9-27(10-8-26)35-15-12-28(13-16-35)36-19-17-34(18-20-36)22-30-24(2)5-4-14-32-30/h4-11,14,21,28H,12-13,15-20,22H2,1-3H3,(H,33,37). The first-order valence-corrected chi connectivity index (χ1v) is 13.6. The molecular formula is C31H39N5O. The third-order valence-electron chi connectivity index (χ3n) is 8.00. The summed E-state index contributed by atoms with van der Waals surface area (Å²) in [4.78, 5) is 25.0. The number of hydrogen-bond donors (Lipinski definition) is 1. The predicted octanol–water partition coefficient (Wildman–Crippen LogP) is 5.05. The number of carbonyl (C=O) groups is 1. The lowest BCUT2D eigenvalue weighted by Crippen LogP contribution is -2.53. The van der Waals surface area contributed by atoms with Crippen molar-refractivity contribution in [3.05, 3.63) is 88.7 Å². The van der Waals surface area contributed by atoms with Crippen LogP contribution in [0.3, 0.4) is 0 Å². The highest BCUT2D eigenvalue weighted by molar-refractivity contribution is 6.05. The first-order chi connectivity index (χ1) is 18.0. The molecule has 2 fully saturated rings. The summed E-state index contributed by atoms with van der Waals surface area (Å²) in [6.07, 6.45) is 4.30. The number of piperidine rings is 1. The van der Waals surface area contributed by atoms with Gasteiger partial charge in [0.1, 0.15) is 0 Å². The summed E-state index contributed by atoms with van der Waals surface area (Å²) >= 11 is 0. The molecule has 3 heterocycles. The van der Waals surface area contributed by atoms with Crippen LogP contribution < -0.4 is 10.2 Å². The van der Waals surface area contributed by atoms with Crippen molar-refractivity contribution in [1.82, 2.24) is 14.8 Å². The molecule has 1 aromatic heterocycles. The van der Waals surface area contributed by atoms with Crippen LogP contribution in [0.2, 0.25) is 0 Å². The number of benzene rings is 2. The van der Waals surface area contributed by atoms with Crippen molar-refractivity contribution in [3.63, 3.8) is 0 Å². The van der Waals surface area contributed by atoms with Crippen LogP contribution in [0, 0.1) is 20.8 Å². The van der Waals surface area contributed by atoms with E-state index in [9.17, 15) is 4.79 Å². The molecule has 0 atom stereocenters. The van der Waals surface area contributed by atoms with Crippen molar-refractivity contribution >= 4 is 17.3 Å². The van der Waals surface area contributed by atoms with Crippen LogP contribution >= 0.6 is 0 Å². The van der Waals surface area contributed by atoms with Crippen molar-refractivity contribution in [2.45, 2.75) is 46.2 Å². The van der Waals surface area contributed by atoms with Gasteiger partial charge in [0.2, 0.25) is 0 Å². The number of pyridine rings is 1. The van der Waals surface area contributed by atoms with Crippen molar-refractivity contribution in [1.29, 1.82) is 0 Å². The van der Waals surface area contributed by atoms with Gasteiger partial charge in [0, 0.05) is 75.0 Å². The number of aromatic nitrogens is 1. The van der Waals surface area contributed by atoms with Gasteiger partial charge in [0.25, 0.3) is 5.91 Å². The molecule has 0 radical (unpaired) electrons. The molecule has 2 aliphatic rings. The Bertz CT molecular complexity index is 1210. The predicted molar refractivity (Wildman–Crippen MR) is 151 cm³/mol. The van der Waals surface area contributed by atoms with E-state index < -0.39 is 0 Å². The Kier molecular flexibility index (Phi) is 7.87. The first-order valence-electron chi connectivity index (χ1n) is 13.6. The molecule has 0 aliphatic carbocycles. The molecular weight excluding hydrogens is 458 g/mol. The maximum Gasteiger partial charge on any atom is 0.255 e. The molecule has 3 aromatic rings. The third kappa shape index (κ3) is 6.20. The normalized spacial score (nSPS) is 17.6. The van der Waals surface area contributed by atoms with Crippen molar-refractivity contribution < 1.29 is 4.79 Å². The molecule has 2 saturated heterocycles. The lowest BCUT2D eigenvalue weighted by atomic mass is 10.0. The quantitative estimate of drug-likeness (QED) is 0.517. The fraction of sp³-hybridized carbons (Fsp3) is 0.419. The molecule has 6 nitrogen and oxygen atoms in total. The summed E-state index contributed by atoms with van der Waals surface area (Å²) in [6.45, 7) is 13.8. The van der Waals surface area contributed by atoms with Gasteiger partial charge in [-0.25, -0.2) is 0 Å². The van der Waals surface area contributed by atoms with Gasteiger partial charge < -0.3 is 10.2 Å². The Morgan fingerprint density at radius 1 is 0.892 bits per heavy atom. The van der Waals surface area contributed by atoms with Crippen LogP contribution in [-0.2, 0) is 6.54 Å². The average Bonchev–Trinajstić information content (AvgIpc) is 2.91. The molecule has 2 aliphatic heterocycles. The van der Waals surface area contributed by atoms with E-state index in [1.54, 1.807) is 0 Å². The Morgan fingerprint density at radius 2 is 1.62 bits per heavy atom. The number of carbonyl (C=O) groups excluding carboxylic acids is 1. The van der Waals surface area contributed by atoms with E-state index in [1.165, 1.54) is 35.3 Å². The van der Waals surface area contributed by atoms with Gasteiger partial charge in [0.05, 0.1) is 5.69 Å². The number of anilines is 2. The molecule has 1 N–H and O–H groups in total. The highest BCUT2D eigenvalue weighted by Gasteiger charge is 2.28. The second-order valence-electron chi connectivity index (χ2n) is 10.6. The Hall–Kier alpha value is -3.22. The molecule has 0 saturated carbocycles. The summed E-state index contributed by atoms with van der Waals surface area (Å²) < 4.78 is 0. The number of rotatable bonds is 6. The summed E-state index contributed by atoms with van der Waals surface area (Å²) in [5.74, 6) is -0.0543. The van der Waals surface area contributed by atoms with Gasteiger partial charge in [-0.15, -0.1) is 0 Å². The second kappa shape index (κ2) is 11.4. The van der Waals surface area contributed by atoms with E-state index in [4.69, 9.17) is 0 Å². The molecule has 5 rings (SSSR count). The minimum absolute atomic E-state index is 0.0543. The molecule has 1 amide bonds. The highest BCUT2D eigenvalue weighted by Crippen LogP contribution is 2.25. The second-order valence-corrected chi connectivity index (χ2v) is 10.6. The molecule has 0 spiro atoms. The van der Waals surface area contributed by atoms with Crippen LogP contribution in [0.5, 0.6) is 0 Å². The van der Waals surface area contributed by atoms with Crippen LogP contribution in [0.1, 0.15) is 45.6 Å². The van der Waals surface area contributed by atoms with E-state index in [1.807, 2.05) is 56.4 Å². The summed E-state index contributed by atoms with van der Waals surface area (Å²) in [5, 5.41) is 3.05. The number of piperazine rings is 1. The van der Waals surface area contributed by atoms with E-state index in [2.05, 4.69) is 50.1 Å². The van der Waals surface area contributed by atoms with Gasteiger partial charge in [-0.3, -0.25) is 19.6 Å². The minimum atomic E-state index is -0.0543. The van der Waals surface area contributed by atoms with Gasteiger partial charge in [-0.05, 0) is 81.1 Å². The SMILES string of the molecule is Cc1ccc(C(=O)Nc2ccc(N3CCC(N4CCN(Cc5ncccc5C)CC4)CC3)cc2)c(C)c1. The van der Waals surface area contributed by atoms with Crippen molar-refractivity contribution in [2.75, 3.05) is 49.5 Å². The molecule has 2 aromatic carbocycles. The summed E-state index contributed by atoms with van der Waals surface area (Å²) in [5.41, 5.74) is 7.46. The zero-order valence-corrected chi connectivity index (χ0v) is 22.4. The van der Waals surface area contributed by atoms with Crippen LogP contribution in [-0.4, -0.2) is 66.0 Å². The van der Waals surface area contributed by atoms with Crippen LogP contribution in [0.25, 0.3) is 0 Å². The topological polar surface area (TPSA) is 51.7 Å². The van der Waals surface area contributed by atoms with E-state index in [0.717, 1.165) is 62.6 Å². The Labute approximate surface area is 221 Å². The number of nitrogens with zero attached hydrogens (tertiary/aromatic N) is 4. The van der Waals surface area contributed by atoms with E-state index in [0.29, 0.717) is 6.04 Å². The maximum atomic E-state index is 12.7. The zero-order valence-electron chi connectivity index (χ0n) is 22.4. The van der Waals surface area contributed by atoms with E-state index in [-0.39, 0.29) is 5.91 Å². The average molecular weight is 498 g/mol. The van der Waals surface area contributed by atoms with E-state index >= 15 is 0 Å². The third-order valence-corrected chi connectivity index (χ3v) is 8.00. The molecule has 0 unspecified atom stereocenters. The fourth-order valence-electron chi connectivity index (χ4n) is 5.69. The molecule has 194 valence electrons. The minimum Gasteiger partial charge on any atom is -0.371 e. The number of amides is 1. The lowest BCUT2D eigenvalue weighted by Gasteiger charge is -2.43. The van der Waals surface area contributed by atoms with Crippen molar-refractivity contribution in [3.8, 4) is 0 Å². The van der Waals surface area contributed by atoms with Crippen molar-refractivity contribution in [2.24, 2.45) is 0 Å². The highest BCUT2D eigenvalue weighted by atomic mass is 16.1. The van der Waals surface area contributed by atoms with Crippen LogP contribution in [0.15, 0.2) is 60.8 Å². The monoisotopic (exact) mass is 497 g/mol. The Morgan fingerprint density at radius 3 is 2.30 bits per heavy atom. The molecule has 37 heavy (non-hydrogen) atoms. The molecule has 0 bridgehead atoms. The van der Waals surface area contributed by atoms with Gasteiger partial charge in [0.15, 0.2) is 0 Å². The zero-order chi connectivity index (χ0) is 25.8. The Balaban J connectivity index is 1.08. The van der Waals surface area contributed by atoms with Gasteiger partial charge in [-0.1, -0.05) is 23.8 Å². The fourth-order valence-corrected chi connectivity index (χ4v) is 5.69. The summed E-state index contributed by atoms with van der Waals surface area (Å²) in [7, 11) is 0. The molecule has 6 heteroatoms. The lowest BCUT2D eigenvalue weighted by molar-refractivity contribution is 0.0804. The smallest absolute Gasteiger partial charge is 0.255 e. The number of hydrogen-bond acceptors (Lipinski definition) is 5. The van der Waals surface area contributed by atoms with Gasteiger partial charge in [-0.2, -0.15) is 0 Å². The maximum absolute atomic E-state index is 12.7. The summed E-state index contributed by atoms with van der Waals surface area (Å²) in [6, 6.07) is 19.1. The first kappa shape index (κ1) is 25.4. The van der Waals surface area contributed by atoms with Crippen LogP contribution in [0.4, 0.5) is 11.4 Å². The number of nitrogens with one attached hydrogen (secondary N) is 1. The number of aryl methyl sites for hydroxylation is 3. The van der Waals surface area contributed by atoms with Gasteiger partial charge >= 0.3 is 0 Å². The largest absolute Gasteiger partial charge is 0.371 e.